The molecule has 1 unspecified atom stereocenters. The van der Waals surface area contributed by atoms with E-state index in [9.17, 15) is 9.59 Å². The number of Topliss-reactive ketones (excluding diaryl/α,β-unsaturated/α-hetero) is 1. The molecule has 4 rings (SSSR count). The van der Waals surface area contributed by atoms with Gasteiger partial charge in [-0.3, -0.25) is 14.5 Å². The molecule has 134 valence electrons. The number of amides is 1. The minimum atomic E-state index is -0.498. The van der Waals surface area contributed by atoms with E-state index >= 15 is 0 Å². The highest BCUT2D eigenvalue weighted by Crippen LogP contribution is 2.37. The van der Waals surface area contributed by atoms with Crippen molar-refractivity contribution >= 4 is 29.0 Å². The fourth-order valence-corrected chi connectivity index (χ4v) is 4.73. The zero-order valence-corrected chi connectivity index (χ0v) is 15.1. The van der Waals surface area contributed by atoms with Gasteiger partial charge in [0, 0.05) is 30.2 Å². The summed E-state index contributed by atoms with van der Waals surface area (Å²) in [6, 6.07) is 7.74. The number of halogens is 1. The van der Waals surface area contributed by atoms with Crippen molar-refractivity contribution in [2.75, 3.05) is 24.7 Å². The Morgan fingerprint density at radius 2 is 1.80 bits per heavy atom. The first kappa shape index (κ1) is 16.9. The molecule has 1 amide bonds. The second-order valence-corrected chi connectivity index (χ2v) is 7.80. The summed E-state index contributed by atoms with van der Waals surface area (Å²) in [5.41, 5.74) is 0.520. The maximum Gasteiger partial charge on any atom is 0.247 e. The summed E-state index contributed by atoms with van der Waals surface area (Å²) in [7, 11) is 0. The number of likely N-dealkylation sites (tertiary alicyclic amines) is 1. The van der Waals surface area contributed by atoms with Crippen LogP contribution < -0.4 is 10.2 Å². The molecule has 2 aliphatic heterocycles. The molecule has 1 atom stereocenters. The summed E-state index contributed by atoms with van der Waals surface area (Å²) in [5, 5.41) is 3.71. The van der Waals surface area contributed by atoms with Gasteiger partial charge in [-0.1, -0.05) is 18.0 Å². The van der Waals surface area contributed by atoms with Crippen molar-refractivity contribution in [3.8, 4) is 0 Å². The SMILES string of the molecule is O=C1CCCCC1N1CCC2(CC1)C(=O)NCN2c1ccc(Cl)cc1. The number of nitrogens with one attached hydrogen (secondary N) is 1. The highest BCUT2D eigenvalue weighted by atomic mass is 35.5. The number of hydrogen-bond acceptors (Lipinski definition) is 4. The Labute approximate surface area is 153 Å². The first-order chi connectivity index (χ1) is 12.1. The molecule has 1 spiro atoms. The van der Waals surface area contributed by atoms with Crippen LogP contribution in [0, 0.1) is 0 Å². The summed E-state index contributed by atoms with van der Waals surface area (Å²) in [6.07, 6.45) is 5.36. The summed E-state index contributed by atoms with van der Waals surface area (Å²) >= 11 is 6.00. The molecule has 0 radical (unpaired) electrons. The number of ketones is 1. The van der Waals surface area contributed by atoms with Crippen molar-refractivity contribution < 1.29 is 9.59 Å². The number of benzene rings is 1. The van der Waals surface area contributed by atoms with Gasteiger partial charge in [0.05, 0.1) is 12.7 Å². The van der Waals surface area contributed by atoms with Gasteiger partial charge >= 0.3 is 0 Å². The fourth-order valence-electron chi connectivity index (χ4n) is 4.60. The van der Waals surface area contributed by atoms with Gasteiger partial charge in [0.25, 0.3) is 0 Å². The number of hydrogen-bond donors (Lipinski definition) is 1. The summed E-state index contributed by atoms with van der Waals surface area (Å²) < 4.78 is 0. The number of piperidine rings is 1. The second kappa shape index (κ2) is 6.61. The van der Waals surface area contributed by atoms with Crippen molar-refractivity contribution in [3.63, 3.8) is 0 Å². The molecule has 1 aromatic rings. The van der Waals surface area contributed by atoms with Crippen molar-refractivity contribution in [1.82, 2.24) is 10.2 Å². The van der Waals surface area contributed by atoms with E-state index in [1.807, 2.05) is 24.3 Å². The number of nitrogens with zero attached hydrogens (tertiary/aromatic N) is 2. The highest BCUT2D eigenvalue weighted by Gasteiger charge is 2.51. The Kier molecular flexibility index (Phi) is 4.46. The number of carbonyl (C=O) groups excluding carboxylic acids is 2. The number of rotatable bonds is 2. The molecule has 6 heteroatoms. The molecule has 1 N–H and O–H groups in total. The van der Waals surface area contributed by atoms with Crippen LogP contribution in [0.25, 0.3) is 0 Å². The van der Waals surface area contributed by atoms with E-state index in [0.29, 0.717) is 23.9 Å². The van der Waals surface area contributed by atoms with Crippen LogP contribution >= 0.6 is 11.6 Å². The monoisotopic (exact) mass is 361 g/mol. The molecule has 3 aliphatic rings. The Morgan fingerprint density at radius 3 is 2.48 bits per heavy atom. The van der Waals surface area contributed by atoms with Crippen LogP contribution in [0.2, 0.25) is 5.02 Å². The van der Waals surface area contributed by atoms with Gasteiger partial charge in [0.2, 0.25) is 5.91 Å². The van der Waals surface area contributed by atoms with Crippen molar-refractivity contribution in [2.24, 2.45) is 0 Å². The molecule has 1 saturated carbocycles. The minimum absolute atomic E-state index is 0.0690. The molecular weight excluding hydrogens is 338 g/mol. The van der Waals surface area contributed by atoms with Crippen LogP contribution in [0.4, 0.5) is 5.69 Å². The van der Waals surface area contributed by atoms with E-state index in [4.69, 9.17) is 11.6 Å². The lowest BCUT2D eigenvalue weighted by atomic mass is 9.83. The Balaban J connectivity index is 1.52. The van der Waals surface area contributed by atoms with Gasteiger partial charge in [-0.15, -0.1) is 0 Å². The molecule has 1 aromatic carbocycles. The summed E-state index contributed by atoms with van der Waals surface area (Å²) in [4.78, 5) is 29.4. The van der Waals surface area contributed by atoms with Gasteiger partial charge in [-0.25, -0.2) is 0 Å². The molecule has 0 bridgehead atoms. The van der Waals surface area contributed by atoms with Crippen molar-refractivity contribution in [3.05, 3.63) is 29.3 Å². The first-order valence-corrected chi connectivity index (χ1v) is 9.56. The number of anilines is 1. The molecular formula is C19H24ClN3O2. The average molecular weight is 362 g/mol. The largest absolute Gasteiger partial charge is 0.339 e. The van der Waals surface area contributed by atoms with Crippen LogP contribution in [0.3, 0.4) is 0 Å². The third kappa shape index (κ3) is 2.93. The molecule has 0 aromatic heterocycles. The van der Waals surface area contributed by atoms with Crippen molar-refractivity contribution in [1.29, 1.82) is 0 Å². The zero-order chi connectivity index (χ0) is 17.4. The van der Waals surface area contributed by atoms with E-state index < -0.39 is 5.54 Å². The van der Waals surface area contributed by atoms with Crippen LogP contribution in [0.1, 0.15) is 38.5 Å². The predicted octanol–water partition coefficient (Wildman–Crippen LogP) is 2.58. The summed E-state index contributed by atoms with van der Waals surface area (Å²) in [5.74, 6) is 0.490. The van der Waals surface area contributed by atoms with Gasteiger partial charge in [0.15, 0.2) is 0 Å². The predicted molar refractivity (Wildman–Crippen MR) is 97.7 cm³/mol. The van der Waals surface area contributed by atoms with Gasteiger partial charge in [0.1, 0.15) is 11.3 Å². The van der Waals surface area contributed by atoms with Gasteiger partial charge in [-0.2, -0.15) is 0 Å². The normalized spacial score (nSPS) is 26.9. The lowest BCUT2D eigenvalue weighted by Crippen LogP contribution is -2.59. The van der Waals surface area contributed by atoms with Gasteiger partial charge in [-0.05, 0) is 49.9 Å². The molecule has 2 heterocycles. The molecule has 2 saturated heterocycles. The van der Waals surface area contributed by atoms with E-state index in [1.165, 1.54) is 0 Å². The smallest absolute Gasteiger partial charge is 0.247 e. The lowest BCUT2D eigenvalue weighted by molar-refractivity contribution is -0.128. The Hall–Kier alpha value is -1.59. The third-order valence-corrected chi connectivity index (χ3v) is 6.32. The van der Waals surface area contributed by atoms with Crippen molar-refractivity contribution in [2.45, 2.75) is 50.1 Å². The third-order valence-electron chi connectivity index (χ3n) is 6.06. The standard InChI is InChI=1S/C19H24ClN3O2/c20-14-5-7-15(8-6-14)23-13-21-18(25)19(23)9-11-22(12-10-19)16-3-1-2-4-17(16)24/h5-8,16H,1-4,9-13H2,(H,21,25). The maximum absolute atomic E-state index is 12.7. The van der Waals surface area contributed by atoms with Gasteiger partial charge < -0.3 is 10.2 Å². The van der Waals surface area contributed by atoms with E-state index in [2.05, 4.69) is 15.1 Å². The quantitative estimate of drug-likeness (QED) is 0.879. The second-order valence-electron chi connectivity index (χ2n) is 7.36. The molecule has 25 heavy (non-hydrogen) atoms. The molecule has 3 fully saturated rings. The zero-order valence-electron chi connectivity index (χ0n) is 14.3. The van der Waals surface area contributed by atoms with E-state index in [1.54, 1.807) is 0 Å². The maximum atomic E-state index is 12.7. The molecule has 1 aliphatic carbocycles. The summed E-state index contributed by atoms with van der Waals surface area (Å²) in [6.45, 7) is 2.13. The topological polar surface area (TPSA) is 52.7 Å². The lowest BCUT2D eigenvalue weighted by Gasteiger charge is -2.45. The minimum Gasteiger partial charge on any atom is -0.339 e. The number of carbonyl (C=O) groups is 2. The van der Waals surface area contributed by atoms with Crippen LogP contribution in [-0.4, -0.2) is 47.9 Å². The highest BCUT2D eigenvalue weighted by molar-refractivity contribution is 6.30. The van der Waals surface area contributed by atoms with Crippen LogP contribution in [0.5, 0.6) is 0 Å². The van der Waals surface area contributed by atoms with Crippen LogP contribution in [0.15, 0.2) is 24.3 Å². The fraction of sp³-hybridized carbons (Fsp3) is 0.579. The van der Waals surface area contributed by atoms with Crippen LogP contribution in [-0.2, 0) is 9.59 Å². The average Bonchev–Trinajstić information content (AvgIpc) is 2.94. The van der Waals surface area contributed by atoms with E-state index in [0.717, 1.165) is 50.9 Å². The molecule has 5 nitrogen and oxygen atoms in total. The Bertz CT molecular complexity index is 668. The Morgan fingerprint density at radius 1 is 1.08 bits per heavy atom. The first-order valence-electron chi connectivity index (χ1n) is 9.18. The van der Waals surface area contributed by atoms with E-state index in [-0.39, 0.29) is 11.9 Å².